The molecule has 0 saturated carbocycles. The van der Waals surface area contributed by atoms with E-state index in [2.05, 4.69) is 11.6 Å². The lowest BCUT2D eigenvalue weighted by molar-refractivity contribution is -0.155. The number of amides is 1. The molecule has 7 nitrogen and oxygen atoms in total. The van der Waals surface area contributed by atoms with Gasteiger partial charge in [-0.05, 0) is 36.6 Å². The summed E-state index contributed by atoms with van der Waals surface area (Å²) >= 11 is 0. The average Bonchev–Trinajstić information content (AvgIpc) is 3.29. The van der Waals surface area contributed by atoms with Gasteiger partial charge in [-0.15, -0.1) is 19.0 Å². The summed E-state index contributed by atoms with van der Waals surface area (Å²) in [7, 11) is 1.27. The molecule has 0 spiro atoms. The highest BCUT2D eigenvalue weighted by molar-refractivity contribution is 5.90. The van der Waals surface area contributed by atoms with Crippen molar-refractivity contribution in [3.05, 3.63) is 48.4 Å². The maximum atomic E-state index is 13.6. The SMILES string of the molecule is C=CCOC1CCN(C(=O)[C@@H](N)Cc2c[nH]c3ccc(F)cc23)C1C(=O)OC.Cl. The standard InChI is InChI=1S/C20H24FN3O4.ClH/c1-3-8-28-17-6-7-24(18(17)20(26)27-2)19(25)15(22)9-12-11-23-16-5-4-13(21)10-14(12)16;/h3-5,10-11,15,17-18,23H,1,6-9,22H2,2H3;1H/t15-,17?,18?;/m0./s1. The fraction of sp³-hybridized carbons (Fsp3) is 0.400. The molecule has 1 fully saturated rings. The number of aromatic amines is 1. The zero-order valence-electron chi connectivity index (χ0n) is 16.1. The summed E-state index contributed by atoms with van der Waals surface area (Å²) in [6, 6.07) is 2.68. The topological polar surface area (TPSA) is 97.6 Å². The molecule has 1 aliphatic heterocycles. The molecule has 158 valence electrons. The van der Waals surface area contributed by atoms with Crippen molar-refractivity contribution in [1.82, 2.24) is 9.88 Å². The van der Waals surface area contributed by atoms with Gasteiger partial charge in [-0.1, -0.05) is 6.08 Å². The van der Waals surface area contributed by atoms with Crippen molar-refractivity contribution in [3.63, 3.8) is 0 Å². The van der Waals surface area contributed by atoms with Crippen LogP contribution in [0.25, 0.3) is 10.9 Å². The van der Waals surface area contributed by atoms with E-state index in [0.29, 0.717) is 18.4 Å². The van der Waals surface area contributed by atoms with Crippen LogP contribution < -0.4 is 5.73 Å². The minimum atomic E-state index is -0.882. The van der Waals surface area contributed by atoms with Crippen LogP contribution in [-0.4, -0.2) is 60.2 Å². The van der Waals surface area contributed by atoms with E-state index >= 15 is 0 Å². The summed E-state index contributed by atoms with van der Waals surface area (Å²) in [5, 5.41) is 0.682. The third-order valence-electron chi connectivity index (χ3n) is 4.98. The van der Waals surface area contributed by atoms with Gasteiger partial charge in [-0.3, -0.25) is 4.79 Å². The molecule has 3 N–H and O–H groups in total. The molecule has 1 saturated heterocycles. The minimum Gasteiger partial charge on any atom is -0.467 e. The number of carbonyl (C=O) groups is 2. The lowest BCUT2D eigenvalue weighted by Gasteiger charge is -2.28. The number of nitrogens with one attached hydrogen (secondary N) is 1. The molecule has 9 heteroatoms. The van der Waals surface area contributed by atoms with Gasteiger partial charge in [-0.25, -0.2) is 9.18 Å². The largest absolute Gasteiger partial charge is 0.467 e. The van der Waals surface area contributed by atoms with Gasteiger partial charge in [0.05, 0.1) is 25.9 Å². The molecule has 2 aromatic rings. The van der Waals surface area contributed by atoms with Crippen molar-refractivity contribution in [2.75, 3.05) is 20.3 Å². The van der Waals surface area contributed by atoms with Crippen LogP contribution in [0.4, 0.5) is 4.39 Å². The summed E-state index contributed by atoms with van der Waals surface area (Å²) in [5.74, 6) is -1.27. The Kier molecular flexibility index (Phi) is 7.78. The van der Waals surface area contributed by atoms with Gasteiger partial charge in [-0.2, -0.15) is 0 Å². The van der Waals surface area contributed by atoms with Crippen LogP contribution >= 0.6 is 12.4 Å². The quantitative estimate of drug-likeness (QED) is 0.522. The number of methoxy groups -OCH3 is 1. The fourth-order valence-corrected chi connectivity index (χ4v) is 3.63. The predicted molar refractivity (Wildman–Crippen MR) is 109 cm³/mol. The number of benzene rings is 1. The Balaban J connectivity index is 0.00000300. The second-order valence-electron chi connectivity index (χ2n) is 6.76. The third-order valence-corrected chi connectivity index (χ3v) is 4.98. The molecule has 1 amide bonds. The molecule has 0 bridgehead atoms. The Morgan fingerprint density at radius 2 is 2.24 bits per heavy atom. The first-order chi connectivity index (χ1) is 13.5. The first kappa shape index (κ1) is 22.9. The number of carbonyl (C=O) groups excluding carboxylic acids is 2. The van der Waals surface area contributed by atoms with E-state index in [9.17, 15) is 14.0 Å². The zero-order valence-corrected chi connectivity index (χ0v) is 16.9. The number of halogens is 2. The van der Waals surface area contributed by atoms with E-state index in [4.69, 9.17) is 15.2 Å². The highest BCUT2D eigenvalue weighted by Crippen LogP contribution is 2.25. The van der Waals surface area contributed by atoms with Gasteiger partial charge < -0.3 is 25.1 Å². The summed E-state index contributed by atoms with van der Waals surface area (Å²) in [4.78, 5) is 29.7. The summed E-state index contributed by atoms with van der Waals surface area (Å²) in [6.45, 7) is 4.21. The summed E-state index contributed by atoms with van der Waals surface area (Å²) in [6.07, 6.45) is 3.55. The third kappa shape index (κ3) is 4.77. The number of ether oxygens (including phenoxy) is 2. The average molecular weight is 426 g/mol. The van der Waals surface area contributed by atoms with Crippen molar-refractivity contribution in [1.29, 1.82) is 0 Å². The highest BCUT2D eigenvalue weighted by Gasteiger charge is 2.44. The lowest BCUT2D eigenvalue weighted by Crippen LogP contribution is -2.52. The molecule has 29 heavy (non-hydrogen) atoms. The van der Waals surface area contributed by atoms with E-state index in [1.807, 2.05) is 0 Å². The Morgan fingerprint density at radius 1 is 1.48 bits per heavy atom. The molecular weight excluding hydrogens is 401 g/mol. The van der Waals surface area contributed by atoms with Crippen molar-refractivity contribution in [2.24, 2.45) is 5.73 Å². The summed E-state index contributed by atoms with van der Waals surface area (Å²) in [5.41, 5.74) is 7.66. The molecular formula is C20H25ClFN3O4. The first-order valence-electron chi connectivity index (χ1n) is 9.08. The molecule has 2 unspecified atom stereocenters. The Morgan fingerprint density at radius 3 is 2.93 bits per heavy atom. The van der Waals surface area contributed by atoms with E-state index in [0.717, 1.165) is 11.1 Å². The van der Waals surface area contributed by atoms with E-state index < -0.39 is 24.2 Å². The van der Waals surface area contributed by atoms with Crippen LogP contribution in [0, 0.1) is 5.82 Å². The maximum absolute atomic E-state index is 13.6. The van der Waals surface area contributed by atoms with Crippen LogP contribution in [0.5, 0.6) is 0 Å². The molecule has 0 radical (unpaired) electrons. The molecule has 2 heterocycles. The normalized spacial score (nSPS) is 19.6. The summed E-state index contributed by atoms with van der Waals surface area (Å²) < 4.78 is 24.0. The van der Waals surface area contributed by atoms with E-state index in [-0.39, 0.29) is 37.2 Å². The number of aromatic nitrogens is 1. The Hall–Kier alpha value is -2.42. The number of hydrogen-bond acceptors (Lipinski definition) is 5. The van der Waals surface area contributed by atoms with E-state index in [1.54, 1.807) is 18.3 Å². The van der Waals surface area contributed by atoms with Crippen molar-refractivity contribution in [3.8, 4) is 0 Å². The number of esters is 1. The molecule has 1 aliphatic rings. The number of fused-ring (bicyclic) bond motifs is 1. The lowest BCUT2D eigenvalue weighted by atomic mass is 10.0. The minimum absolute atomic E-state index is 0. The second kappa shape index (κ2) is 9.87. The van der Waals surface area contributed by atoms with Crippen LogP contribution in [0.3, 0.4) is 0 Å². The number of H-pyrrole nitrogens is 1. The van der Waals surface area contributed by atoms with Crippen LogP contribution in [0.15, 0.2) is 37.1 Å². The highest BCUT2D eigenvalue weighted by atomic mass is 35.5. The second-order valence-corrected chi connectivity index (χ2v) is 6.76. The van der Waals surface area contributed by atoms with Gasteiger partial charge in [0.1, 0.15) is 5.82 Å². The smallest absolute Gasteiger partial charge is 0.331 e. The number of hydrogen-bond donors (Lipinski definition) is 2. The van der Waals surface area contributed by atoms with Gasteiger partial charge in [0, 0.05) is 23.6 Å². The predicted octanol–water partition coefficient (Wildman–Crippen LogP) is 1.94. The Labute approximate surface area is 174 Å². The molecule has 1 aromatic heterocycles. The van der Waals surface area contributed by atoms with Crippen molar-refractivity contribution < 1.29 is 23.5 Å². The monoisotopic (exact) mass is 425 g/mol. The van der Waals surface area contributed by atoms with Crippen molar-refractivity contribution in [2.45, 2.75) is 31.0 Å². The number of likely N-dealkylation sites (tertiary alicyclic amines) is 1. The molecule has 1 aromatic carbocycles. The van der Waals surface area contributed by atoms with Gasteiger partial charge in [0.15, 0.2) is 6.04 Å². The fourth-order valence-electron chi connectivity index (χ4n) is 3.63. The number of rotatable bonds is 7. The zero-order chi connectivity index (χ0) is 20.3. The number of nitrogens with zero attached hydrogens (tertiary/aromatic N) is 1. The van der Waals surface area contributed by atoms with Gasteiger partial charge in [0.2, 0.25) is 5.91 Å². The van der Waals surface area contributed by atoms with Crippen LogP contribution in [0.1, 0.15) is 12.0 Å². The molecule has 0 aliphatic carbocycles. The van der Waals surface area contributed by atoms with Crippen molar-refractivity contribution >= 4 is 35.2 Å². The van der Waals surface area contributed by atoms with Crippen LogP contribution in [-0.2, 0) is 25.5 Å². The maximum Gasteiger partial charge on any atom is 0.331 e. The van der Waals surface area contributed by atoms with Gasteiger partial charge in [0.25, 0.3) is 0 Å². The first-order valence-corrected chi connectivity index (χ1v) is 9.08. The molecule has 3 atom stereocenters. The Bertz CT molecular complexity index is 888. The molecule has 3 rings (SSSR count). The van der Waals surface area contributed by atoms with Crippen LogP contribution in [0.2, 0.25) is 0 Å². The van der Waals surface area contributed by atoms with Gasteiger partial charge >= 0.3 is 5.97 Å². The van der Waals surface area contributed by atoms with E-state index in [1.165, 1.54) is 24.1 Å². The number of nitrogens with two attached hydrogens (primary N) is 1.